The number of likely N-dealkylation sites (tertiary alicyclic amines) is 2. The lowest BCUT2D eigenvalue weighted by Gasteiger charge is -2.42. The molecule has 5 rings (SSSR count). The summed E-state index contributed by atoms with van der Waals surface area (Å²) in [6, 6.07) is 11.1. The number of carbonyl (C=O) groups is 1. The molecule has 2 fully saturated rings. The lowest BCUT2D eigenvalue weighted by Crippen LogP contribution is -2.53. The van der Waals surface area contributed by atoms with Crippen LogP contribution < -0.4 is 4.74 Å². The Hall–Kier alpha value is -3.57. The molecule has 12 heteroatoms. The van der Waals surface area contributed by atoms with Crippen LogP contribution in [0, 0.1) is 11.7 Å². The van der Waals surface area contributed by atoms with Crippen molar-refractivity contribution in [3.8, 4) is 5.75 Å². The van der Waals surface area contributed by atoms with Crippen LogP contribution in [0.3, 0.4) is 0 Å². The van der Waals surface area contributed by atoms with E-state index in [1.54, 1.807) is 17.0 Å². The summed E-state index contributed by atoms with van der Waals surface area (Å²) in [5.41, 5.74) is 1.95. The zero-order chi connectivity index (χ0) is 27.8. The van der Waals surface area contributed by atoms with E-state index in [4.69, 9.17) is 0 Å². The van der Waals surface area contributed by atoms with Gasteiger partial charge in [0.2, 0.25) is 0 Å². The van der Waals surface area contributed by atoms with Crippen molar-refractivity contribution in [1.82, 2.24) is 9.80 Å². The van der Waals surface area contributed by atoms with Crippen molar-refractivity contribution in [1.29, 1.82) is 0 Å². The first-order valence-electron chi connectivity index (χ1n) is 12.6. The van der Waals surface area contributed by atoms with Crippen LogP contribution in [-0.4, -0.2) is 72.4 Å². The van der Waals surface area contributed by atoms with Crippen LogP contribution in [0.5, 0.6) is 5.75 Å². The van der Waals surface area contributed by atoms with Gasteiger partial charge in [-0.05, 0) is 36.2 Å². The monoisotopic (exact) mass is 552 g/mol. The Bertz CT molecular complexity index is 1270. The van der Waals surface area contributed by atoms with Crippen molar-refractivity contribution in [2.75, 3.05) is 32.7 Å². The van der Waals surface area contributed by atoms with Gasteiger partial charge in [0, 0.05) is 62.1 Å². The van der Waals surface area contributed by atoms with Crippen molar-refractivity contribution in [2.24, 2.45) is 15.9 Å². The van der Waals surface area contributed by atoms with E-state index in [2.05, 4.69) is 14.7 Å². The van der Waals surface area contributed by atoms with E-state index in [1.807, 2.05) is 0 Å². The molecule has 3 aliphatic rings. The van der Waals surface area contributed by atoms with Crippen molar-refractivity contribution in [3.05, 3.63) is 65.5 Å². The summed E-state index contributed by atoms with van der Waals surface area (Å²) in [6.45, 7) is 0.707. The molecule has 2 saturated heterocycles. The maximum Gasteiger partial charge on any atom is 0.573 e. The second-order valence-corrected chi connectivity index (χ2v) is 10.0. The van der Waals surface area contributed by atoms with Gasteiger partial charge in [-0.3, -0.25) is 4.99 Å². The van der Waals surface area contributed by atoms with Gasteiger partial charge >= 0.3 is 12.4 Å². The number of hydrogen-bond donors (Lipinski definition) is 0. The number of alkyl halides is 5. The Balaban J connectivity index is 1.37. The predicted octanol–water partition coefficient (Wildman–Crippen LogP) is 5.88. The summed E-state index contributed by atoms with van der Waals surface area (Å²) in [5.74, 6) is -3.67. The first-order valence-corrected chi connectivity index (χ1v) is 12.6. The molecule has 2 atom stereocenters. The molecule has 3 aliphatic heterocycles. The van der Waals surface area contributed by atoms with Gasteiger partial charge in [0.25, 0.3) is 5.92 Å². The van der Waals surface area contributed by atoms with E-state index in [-0.39, 0.29) is 49.8 Å². The number of rotatable bonds is 4. The second-order valence-electron chi connectivity index (χ2n) is 10.0. The number of ether oxygens (including phenoxy) is 1. The van der Waals surface area contributed by atoms with Gasteiger partial charge in [-0.25, -0.2) is 23.0 Å². The van der Waals surface area contributed by atoms with Gasteiger partial charge in [0.05, 0.1) is 6.54 Å². The Morgan fingerprint density at radius 3 is 2.33 bits per heavy atom. The lowest BCUT2D eigenvalue weighted by atomic mass is 9.82. The van der Waals surface area contributed by atoms with Crippen LogP contribution in [0.4, 0.5) is 31.1 Å². The molecule has 0 aromatic heterocycles. The Morgan fingerprint density at radius 1 is 0.974 bits per heavy atom. The van der Waals surface area contributed by atoms with Gasteiger partial charge in [-0.1, -0.05) is 24.3 Å². The average Bonchev–Trinajstić information content (AvgIpc) is 3.38. The number of nitrogens with zero attached hydrogens (tertiary/aromatic N) is 4. The molecule has 208 valence electrons. The third kappa shape index (κ3) is 6.54. The molecular formula is C27H26F6N4O2. The summed E-state index contributed by atoms with van der Waals surface area (Å²) in [4.78, 5) is 25.5. The van der Waals surface area contributed by atoms with Crippen LogP contribution in [0.2, 0.25) is 0 Å². The minimum Gasteiger partial charge on any atom is -0.406 e. The molecule has 6 nitrogen and oxygen atoms in total. The van der Waals surface area contributed by atoms with Crippen molar-refractivity contribution in [2.45, 2.75) is 37.5 Å². The number of amidine groups is 1. The molecule has 0 saturated carbocycles. The fourth-order valence-electron chi connectivity index (χ4n) is 5.27. The number of urea groups is 1. The molecule has 0 N–H and O–H groups in total. The van der Waals surface area contributed by atoms with E-state index in [0.29, 0.717) is 35.6 Å². The van der Waals surface area contributed by atoms with Gasteiger partial charge in [-0.15, -0.1) is 13.2 Å². The van der Waals surface area contributed by atoms with Gasteiger partial charge < -0.3 is 14.5 Å². The first-order chi connectivity index (χ1) is 18.5. The quantitative estimate of drug-likeness (QED) is 0.445. The molecule has 0 aliphatic carbocycles. The summed E-state index contributed by atoms with van der Waals surface area (Å²) >= 11 is 0. The van der Waals surface area contributed by atoms with E-state index in [0.717, 1.165) is 0 Å². The minimum atomic E-state index is -4.81. The fraction of sp³-hybridized carbons (Fsp3) is 0.444. The zero-order valence-electron chi connectivity index (χ0n) is 20.8. The molecule has 2 amide bonds. The predicted molar refractivity (Wildman–Crippen MR) is 132 cm³/mol. The number of piperidine rings is 2. The topological polar surface area (TPSA) is 57.5 Å². The van der Waals surface area contributed by atoms with Crippen molar-refractivity contribution < 1.29 is 35.9 Å². The van der Waals surface area contributed by atoms with Crippen LogP contribution >= 0.6 is 0 Å². The highest BCUT2D eigenvalue weighted by Crippen LogP contribution is 2.35. The molecule has 2 aromatic carbocycles. The second kappa shape index (κ2) is 10.5. The Labute approximate surface area is 221 Å². The van der Waals surface area contributed by atoms with Crippen LogP contribution in [0.15, 0.2) is 58.5 Å². The van der Waals surface area contributed by atoms with Gasteiger partial charge in [0.15, 0.2) is 5.84 Å². The number of hydrogen-bond acceptors (Lipinski definition) is 4. The lowest BCUT2D eigenvalue weighted by molar-refractivity contribution is -0.274. The summed E-state index contributed by atoms with van der Waals surface area (Å²) in [5, 5.41) is 0. The summed E-state index contributed by atoms with van der Waals surface area (Å²) in [6.07, 6.45) is -5.08. The third-order valence-corrected chi connectivity index (χ3v) is 7.27. The molecule has 2 aromatic rings. The maximum atomic E-state index is 13.7. The average molecular weight is 553 g/mol. The molecule has 3 heterocycles. The molecule has 2 unspecified atom stereocenters. The molecule has 39 heavy (non-hydrogen) atoms. The minimum absolute atomic E-state index is 0.0606. The Morgan fingerprint density at radius 2 is 1.67 bits per heavy atom. The van der Waals surface area contributed by atoms with Crippen molar-refractivity contribution in [3.63, 3.8) is 0 Å². The van der Waals surface area contributed by atoms with E-state index < -0.39 is 30.9 Å². The van der Waals surface area contributed by atoms with E-state index >= 15 is 0 Å². The molecule has 0 bridgehead atoms. The summed E-state index contributed by atoms with van der Waals surface area (Å²) in [7, 11) is 0. The highest BCUT2D eigenvalue weighted by atomic mass is 19.4. The van der Waals surface area contributed by atoms with E-state index in [1.165, 1.54) is 41.3 Å². The first kappa shape index (κ1) is 27.0. The van der Waals surface area contributed by atoms with E-state index in [9.17, 15) is 31.1 Å². The van der Waals surface area contributed by atoms with Crippen LogP contribution in [0.25, 0.3) is 0 Å². The van der Waals surface area contributed by atoms with Crippen molar-refractivity contribution >= 4 is 17.6 Å². The van der Waals surface area contributed by atoms with Gasteiger partial charge in [-0.2, -0.15) is 0 Å². The smallest absolute Gasteiger partial charge is 0.406 e. The molecular weight excluding hydrogens is 526 g/mol. The van der Waals surface area contributed by atoms with Gasteiger partial charge in [0.1, 0.15) is 11.6 Å². The Kier molecular flexibility index (Phi) is 7.30. The van der Waals surface area contributed by atoms with Crippen LogP contribution in [0.1, 0.15) is 36.3 Å². The maximum absolute atomic E-state index is 13.7. The fourth-order valence-corrected chi connectivity index (χ4v) is 5.27. The normalized spacial score (nSPS) is 23.3. The zero-order valence-corrected chi connectivity index (χ0v) is 20.8. The molecule has 0 radical (unpaired) electrons. The largest absolute Gasteiger partial charge is 0.573 e. The number of halogens is 6. The standard InChI is InChI=1S/C27H26F6N4O2/c28-21-3-1-2-18(13-21)24-34-14-23(35-24)20-12-19(17-4-6-22(7-5-17)39-27(31,32)33)15-37(16-20)25(38)36-10-8-26(29,30)9-11-36/h1-7,13,19-20H,8-12,14-16H2. The highest BCUT2D eigenvalue weighted by molar-refractivity contribution is 6.12. The molecule has 0 spiro atoms. The number of carbonyl (C=O) groups excluding carboxylic acids is 1. The third-order valence-electron chi connectivity index (χ3n) is 7.27. The SMILES string of the molecule is O=C(N1CCC(F)(F)CC1)N1CC(C2=NC(c3cccc(F)c3)=NC2)CC(c2ccc(OC(F)(F)F)cc2)C1. The summed E-state index contributed by atoms with van der Waals surface area (Å²) < 4.78 is 82.9. The van der Waals surface area contributed by atoms with Crippen LogP contribution in [-0.2, 0) is 0 Å². The number of benzene rings is 2. The number of amides is 2. The highest BCUT2D eigenvalue weighted by Gasteiger charge is 2.40. The number of aliphatic imine (C=N–C) groups is 2.